The predicted molar refractivity (Wildman–Crippen MR) is 168 cm³/mol. The number of aliphatic hydroxyl groups is 2. The molecule has 3 N–H and O–H groups in total. The Bertz CT molecular complexity index is 1340. The van der Waals surface area contributed by atoms with Crippen molar-refractivity contribution < 1.29 is 24.5 Å². The van der Waals surface area contributed by atoms with Gasteiger partial charge in [0.1, 0.15) is 6.61 Å². The van der Waals surface area contributed by atoms with Gasteiger partial charge in [-0.05, 0) is 84.2 Å². The van der Waals surface area contributed by atoms with Crippen LogP contribution in [0.25, 0.3) is 11.1 Å². The Morgan fingerprint density at radius 1 is 1.05 bits per heavy atom. The van der Waals surface area contributed by atoms with Crippen LogP contribution in [0.3, 0.4) is 0 Å². The Morgan fingerprint density at radius 2 is 1.86 bits per heavy atom. The number of carbonyl (C=O) groups excluding carboxylic acids is 1. The largest absolute Gasteiger partial charge is 0.389 e. The van der Waals surface area contributed by atoms with Gasteiger partial charge in [0, 0.05) is 31.9 Å². The number of benzene rings is 3. The van der Waals surface area contributed by atoms with Crippen molar-refractivity contribution in [3.05, 3.63) is 94.0 Å². The van der Waals surface area contributed by atoms with Crippen LogP contribution in [0.1, 0.15) is 65.5 Å². The number of piperidine rings is 1. The maximum atomic E-state index is 12.3. The van der Waals surface area contributed by atoms with E-state index in [9.17, 15) is 9.90 Å². The first kappa shape index (κ1) is 32.1. The molecule has 0 saturated carbocycles. The summed E-state index contributed by atoms with van der Waals surface area (Å²) in [6, 6.07) is 21.2. The molecule has 3 unspecified atom stereocenters. The van der Waals surface area contributed by atoms with Crippen LogP contribution in [-0.4, -0.2) is 56.0 Å². The van der Waals surface area contributed by atoms with Crippen molar-refractivity contribution in [2.75, 3.05) is 40.0 Å². The fourth-order valence-corrected chi connectivity index (χ4v) is 6.22. The van der Waals surface area contributed by atoms with E-state index in [0.29, 0.717) is 51.5 Å². The van der Waals surface area contributed by atoms with Gasteiger partial charge >= 0.3 is 0 Å². The second-order valence-electron chi connectivity index (χ2n) is 11.9. The highest BCUT2D eigenvalue weighted by Crippen LogP contribution is 2.43. The lowest BCUT2D eigenvalue weighted by Gasteiger charge is -2.42. The third-order valence-electron chi connectivity index (χ3n) is 8.61. The molecule has 0 spiro atoms. The summed E-state index contributed by atoms with van der Waals surface area (Å²) in [5, 5.41) is 24.8. The highest BCUT2D eigenvalue weighted by Gasteiger charge is 2.42. The molecule has 3 aromatic rings. The van der Waals surface area contributed by atoms with Gasteiger partial charge in [0.2, 0.25) is 0 Å². The molecule has 0 radical (unpaired) electrons. The number of rotatable bonds is 14. The number of methoxy groups -OCH3 is 1. The Balaban J connectivity index is 1.54. The predicted octanol–water partition coefficient (Wildman–Crippen LogP) is 5.62. The fourth-order valence-electron chi connectivity index (χ4n) is 6.22. The van der Waals surface area contributed by atoms with E-state index in [-0.39, 0.29) is 11.7 Å². The van der Waals surface area contributed by atoms with Gasteiger partial charge in [0.15, 0.2) is 5.78 Å². The fraction of sp³-hybridized carbons (Fsp3) is 0.472. The van der Waals surface area contributed by atoms with Crippen molar-refractivity contribution in [2.45, 2.75) is 64.6 Å². The molecule has 0 aromatic heterocycles. The molecule has 0 amide bonds. The number of hydrogen-bond donors (Lipinski definition) is 3. The molecule has 42 heavy (non-hydrogen) atoms. The number of Topliss-reactive ketones (excluding diaryl/α,β-unsaturated/α-hetero) is 1. The quantitative estimate of drug-likeness (QED) is 0.232. The van der Waals surface area contributed by atoms with Gasteiger partial charge < -0.3 is 25.0 Å². The minimum atomic E-state index is -0.980. The van der Waals surface area contributed by atoms with Gasteiger partial charge in [-0.3, -0.25) is 4.79 Å². The lowest BCUT2D eigenvalue weighted by molar-refractivity contribution is -0.121. The van der Waals surface area contributed by atoms with Crippen LogP contribution < -0.4 is 5.32 Å². The summed E-state index contributed by atoms with van der Waals surface area (Å²) in [5.41, 5.74) is 8.02. The topological polar surface area (TPSA) is 88.0 Å². The lowest BCUT2D eigenvalue weighted by Crippen LogP contribution is -2.47. The molecule has 3 aromatic carbocycles. The van der Waals surface area contributed by atoms with E-state index in [4.69, 9.17) is 14.6 Å². The van der Waals surface area contributed by atoms with Crippen molar-refractivity contribution >= 4 is 5.78 Å². The smallest absolute Gasteiger partial charge is 0.158 e. The van der Waals surface area contributed by atoms with Crippen LogP contribution in [0.4, 0.5) is 0 Å². The van der Waals surface area contributed by atoms with E-state index in [1.807, 2.05) is 12.1 Å². The van der Waals surface area contributed by atoms with Crippen LogP contribution in [0.15, 0.2) is 60.7 Å². The Hall–Kier alpha value is -2.87. The number of aliphatic hydroxyl groups excluding tert-OH is 1. The van der Waals surface area contributed by atoms with E-state index in [0.717, 1.165) is 51.9 Å². The summed E-state index contributed by atoms with van der Waals surface area (Å²) in [5.74, 6) is 0.139. The minimum absolute atomic E-state index is 0.0866. The molecule has 6 nitrogen and oxygen atoms in total. The number of carbonyl (C=O) groups is 1. The summed E-state index contributed by atoms with van der Waals surface area (Å²) < 4.78 is 11.2. The highest BCUT2D eigenvalue weighted by atomic mass is 16.5. The van der Waals surface area contributed by atoms with Crippen LogP contribution >= 0.6 is 0 Å². The van der Waals surface area contributed by atoms with E-state index >= 15 is 0 Å². The molecule has 0 aliphatic carbocycles. The second kappa shape index (κ2) is 15.0. The second-order valence-corrected chi connectivity index (χ2v) is 11.9. The standard InChI is InChI=1S/C36H47NO5/c1-25(22-41-4)23-42-24-30-12-14-31(19-26(30)2)36(40)16-17-37-20-35(36)33-15-13-29(18-27(33)3)34-11-6-5-8-28(34)9-7-10-32(39)21-38/h5-6,8,11-15,18-19,25,35,37-38,40H,7,9-10,16-17,20-24H2,1-4H3. The summed E-state index contributed by atoms with van der Waals surface area (Å²) >= 11 is 0. The zero-order valence-corrected chi connectivity index (χ0v) is 25.6. The number of aryl methyl sites for hydroxylation is 3. The van der Waals surface area contributed by atoms with E-state index in [1.54, 1.807) is 7.11 Å². The maximum absolute atomic E-state index is 12.3. The first-order chi connectivity index (χ1) is 20.3. The summed E-state index contributed by atoms with van der Waals surface area (Å²) in [7, 11) is 1.71. The molecule has 1 saturated heterocycles. The first-order valence-electron chi connectivity index (χ1n) is 15.2. The summed E-state index contributed by atoms with van der Waals surface area (Å²) in [4.78, 5) is 11.6. The molecule has 226 valence electrons. The third kappa shape index (κ3) is 7.74. The van der Waals surface area contributed by atoms with E-state index < -0.39 is 12.2 Å². The van der Waals surface area contributed by atoms with Crippen molar-refractivity contribution in [3.8, 4) is 11.1 Å². The van der Waals surface area contributed by atoms with Crippen molar-refractivity contribution in [1.29, 1.82) is 0 Å². The van der Waals surface area contributed by atoms with Gasteiger partial charge in [-0.1, -0.05) is 67.6 Å². The zero-order valence-electron chi connectivity index (χ0n) is 25.6. The Morgan fingerprint density at radius 3 is 2.60 bits per heavy atom. The van der Waals surface area contributed by atoms with E-state index in [2.05, 4.69) is 74.6 Å². The van der Waals surface area contributed by atoms with Crippen molar-refractivity contribution in [3.63, 3.8) is 0 Å². The zero-order chi connectivity index (χ0) is 30.1. The van der Waals surface area contributed by atoms with Crippen LogP contribution in [0.2, 0.25) is 0 Å². The monoisotopic (exact) mass is 573 g/mol. The van der Waals surface area contributed by atoms with E-state index in [1.165, 1.54) is 5.56 Å². The molecule has 6 heteroatoms. The van der Waals surface area contributed by atoms with Gasteiger partial charge in [-0.2, -0.15) is 0 Å². The van der Waals surface area contributed by atoms with Crippen LogP contribution in [0, 0.1) is 19.8 Å². The molecule has 4 rings (SSSR count). The molecule has 1 aliphatic rings. The maximum Gasteiger partial charge on any atom is 0.158 e. The third-order valence-corrected chi connectivity index (χ3v) is 8.61. The molecular formula is C36H47NO5. The first-order valence-corrected chi connectivity index (χ1v) is 15.2. The minimum Gasteiger partial charge on any atom is -0.389 e. The Kier molecular flexibility index (Phi) is 11.5. The summed E-state index contributed by atoms with van der Waals surface area (Å²) in [6.45, 7) is 9.29. The highest BCUT2D eigenvalue weighted by molar-refractivity contribution is 5.79. The molecule has 1 aliphatic heterocycles. The van der Waals surface area contributed by atoms with Crippen LogP contribution in [-0.2, 0) is 32.9 Å². The van der Waals surface area contributed by atoms with Gasteiger partial charge in [0.25, 0.3) is 0 Å². The molecule has 1 heterocycles. The van der Waals surface area contributed by atoms with Crippen LogP contribution in [0.5, 0.6) is 0 Å². The molecule has 0 bridgehead atoms. The van der Waals surface area contributed by atoms with Gasteiger partial charge in [-0.15, -0.1) is 0 Å². The van der Waals surface area contributed by atoms with Crippen molar-refractivity contribution in [2.24, 2.45) is 5.92 Å². The van der Waals surface area contributed by atoms with Gasteiger partial charge in [0.05, 0.1) is 25.4 Å². The molecule has 3 atom stereocenters. The number of ether oxygens (including phenoxy) is 2. The molecular weight excluding hydrogens is 526 g/mol. The number of ketones is 1. The van der Waals surface area contributed by atoms with Crippen molar-refractivity contribution in [1.82, 2.24) is 5.32 Å². The number of hydrogen-bond acceptors (Lipinski definition) is 6. The normalized spacial score (nSPS) is 19.5. The average molecular weight is 574 g/mol. The van der Waals surface area contributed by atoms with Gasteiger partial charge in [-0.25, -0.2) is 0 Å². The lowest BCUT2D eigenvalue weighted by atomic mass is 9.71. The summed E-state index contributed by atoms with van der Waals surface area (Å²) in [6.07, 6.45) is 2.52. The molecule has 1 fully saturated rings. The number of nitrogens with one attached hydrogen (secondary N) is 1. The Labute approximate surface area is 251 Å². The average Bonchev–Trinajstić information content (AvgIpc) is 2.98. The SMILES string of the molecule is COCC(C)COCc1ccc(C2(O)CCNCC2c2ccc(-c3ccccc3CCCC(=O)CO)cc2C)cc1C.